The van der Waals surface area contributed by atoms with Gasteiger partial charge in [0.1, 0.15) is 0 Å². The summed E-state index contributed by atoms with van der Waals surface area (Å²) in [5.41, 5.74) is 1.76. The van der Waals surface area contributed by atoms with Crippen molar-refractivity contribution in [2.24, 2.45) is 0 Å². The Bertz CT molecular complexity index is 954. The molecule has 2 heterocycles. The van der Waals surface area contributed by atoms with Crippen LogP contribution in [0.25, 0.3) is 0 Å². The molecule has 1 atom stereocenters. The van der Waals surface area contributed by atoms with Gasteiger partial charge in [-0.1, -0.05) is 30.7 Å². The van der Waals surface area contributed by atoms with Crippen molar-refractivity contribution in [2.75, 3.05) is 52.4 Å². The predicted molar refractivity (Wildman–Crippen MR) is 135 cm³/mol. The zero-order valence-electron chi connectivity index (χ0n) is 20.8. The molecule has 192 valence electrons. The van der Waals surface area contributed by atoms with Crippen LogP contribution in [-0.2, 0) is 9.53 Å². The Morgan fingerprint density at radius 3 is 2.66 bits per heavy atom. The van der Waals surface area contributed by atoms with E-state index < -0.39 is 12.0 Å². The number of esters is 1. The van der Waals surface area contributed by atoms with Gasteiger partial charge in [-0.2, -0.15) is 0 Å². The zero-order chi connectivity index (χ0) is 25.4. The number of benzene rings is 1. The molecule has 3 rings (SSSR count). The Morgan fingerprint density at radius 2 is 1.97 bits per heavy atom. The fraction of sp³-hybridized carbons (Fsp3) is 0.560. The molecule has 4 amide bonds. The van der Waals surface area contributed by atoms with Crippen molar-refractivity contribution in [1.82, 2.24) is 25.3 Å². The topological polar surface area (TPSA) is 94.2 Å². The van der Waals surface area contributed by atoms with E-state index in [0.29, 0.717) is 55.6 Å². The highest BCUT2D eigenvalue weighted by molar-refractivity contribution is 6.30. The van der Waals surface area contributed by atoms with Gasteiger partial charge < -0.3 is 20.3 Å². The minimum atomic E-state index is -0.665. The van der Waals surface area contributed by atoms with E-state index >= 15 is 0 Å². The molecule has 0 unspecified atom stereocenters. The van der Waals surface area contributed by atoms with Gasteiger partial charge >= 0.3 is 18.0 Å². The maximum Gasteiger partial charge on any atom is 0.338 e. The van der Waals surface area contributed by atoms with Crippen LogP contribution in [0.1, 0.15) is 45.2 Å². The number of carbonyl (C=O) groups is 3. The molecule has 35 heavy (non-hydrogen) atoms. The van der Waals surface area contributed by atoms with Crippen LogP contribution in [0.3, 0.4) is 0 Å². The SMILES string of the molecule is CCCNC(=O)N1CCCN(CC2=C(C(=O)OCC)[C@@H](c3cccc(Cl)c3)NC(=O)N2CC)CC1. The first-order chi connectivity index (χ1) is 16.9. The summed E-state index contributed by atoms with van der Waals surface area (Å²) in [4.78, 5) is 44.4. The van der Waals surface area contributed by atoms with Crippen molar-refractivity contribution in [3.63, 3.8) is 0 Å². The Morgan fingerprint density at radius 1 is 1.17 bits per heavy atom. The van der Waals surface area contributed by atoms with Crippen LogP contribution >= 0.6 is 11.6 Å². The lowest BCUT2D eigenvalue weighted by molar-refractivity contribution is -0.139. The van der Waals surface area contributed by atoms with Crippen molar-refractivity contribution in [3.8, 4) is 0 Å². The molecule has 1 aromatic carbocycles. The highest BCUT2D eigenvalue weighted by Crippen LogP contribution is 2.33. The van der Waals surface area contributed by atoms with Gasteiger partial charge in [-0.05, 0) is 44.4 Å². The summed E-state index contributed by atoms with van der Waals surface area (Å²) in [5, 5.41) is 6.42. The minimum Gasteiger partial charge on any atom is -0.463 e. The highest BCUT2D eigenvalue weighted by atomic mass is 35.5. The third kappa shape index (κ3) is 6.67. The van der Waals surface area contributed by atoms with Crippen molar-refractivity contribution >= 4 is 29.6 Å². The number of likely N-dealkylation sites (N-methyl/N-ethyl adjacent to an activating group) is 1. The van der Waals surface area contributed by atoms with Crippen molar-refractivity contribution in [3.05, 3.63) is 46.1 Å². The number of carbonyl (C=O) groups excluding carboxylic acids is 3. The van der Waals surface area contributed by atoms with Crippen molar-refractivity contribution in [2.45, 2.75) is 39.7 Å². The van der Waals surface area contributed by atoms with Gasteiger partial charge in [0.05, 0.1) is 18.2 Å². The van der Waals surface area contributed by atoms with E-state index in [1.54, 1.807) is 30.0 Å². The summed E-state index contributed by atoms with van der Waals surface area (Å²) in [5.74, 6) is -0.457. The fourth-order valence-corrected chi connectivity index (χ4v) is 4.68. The molecule has 0 radical (unpaired) electrons. The predicted octanol–water partition coefficient (Wildman–Crippen LogP) is 3.37. The lowest BCUT2D eigenvalue weighted by Gasteiger charge is -2.38. The zero-order valence-corrected chi connectivity index (χ0v) is 21.6. The number of nitrogens with one attached hydrogen (secondary N) is 2. The maximum atomic E-state index is 13.2. The Hall–Kier alpha value is -2.78. The molecule has 2 aliphatic heterocycles. The van der Waals surface area contributed by atoms with E-state index in [2.05, 4.69) is 15.5 Å². The molecular weight excluding hydrogens is 470 g/mol. The second-order valence-electron chi connectivity index (χ2n) is 8.61. The molecular formula is C25H36ClN5O4. The van der Waals surface area contributed by atoms with Crippen LogP contribution in [0.5, 0.6) is 0 Å². The molecule has 0 aliphatic carbocycles. The number of rotatable bonds is 8. The second kappa shape index (κ2) is 12.8. The van der Waals surface area contributed by atoms with Crippen molar-refractivity contribution < 1.29 is 19.1 Å². The quantitative estimate of drug-likeness (QED) is 0.528. The third-order valence-corrected chi connectivity index (χ3v) is 6.44. The first-order valence-corrected chi connectivity index (χ1v) is 12.8. The van der Waals surface area contributed by atoms with Crippen LogP contribution in [0, 0.1) is 0 Å². The van der Waals surface area contributed by atoms with Gasteiger partial charge in [-0.3, -0.25) is 9.80 Å². The highest BCUT2D eigenvalue weighted by Gasteiger charge is 2.38. The largest absolute Gasteiger partial charge is 0.463 e. The summed E-state index contributed by atoms with van der Waals surface area (Å²) < 4.78 is 5.43. The molecule has 2 aliphatic rings. The molecule has 1 fully saturated rings. The lowest BCUT2D eigenvalue weighted by atomic mass is 9.94. The molecule has 0 saturated carbocycles. The van der Waals surface area contributed by atoms with Gasteiger partial charge in [-0.15, -0.1) is 0 Å². The first-order valence-electron chi connectivity index (χ1n) is 12.4. The number of halogens is 1. The summed E-state index contributed by atoms with van der Waals surface area (Å²) in [7, 11) is 0. The fourth-order valence-electron chi connectivity index (χ4n) is 4.48. The van der Waals surface area contributed by atoms with E-state index in [1.807, 2.05) is 24.8 Å². The normalized spacial score (nSPS) is 19.3. The van der Waals surface area contributed by atoms with Crippen LogP contribution in [0.15, 0.2) is 35.5 Å². The lowest BCUT2D eigenvalue weighted by Crippen LogP contribution is -2.51. The first kappa shape index (κ1) is 26.8. The standard InChI is InChI=1S/C25H36ClN5O4/c1-4-11-27-24(33)30-13-8-12-29(14-15-30)17-20-21(23(32)35-6-3)22(28-25(34)31(20)5-2)18-9-7-10-19(26)16-18/h7,9-10,16,22H,4-6,8,11-15,17H2,1-3H3,(H,27,33)(H,28,34)/t22-/m1/s1. The molecule has 10 heteroatoms. The third-order valence-electron chi connectivity index (χ3n) is 6.21. The van der Waals surface area contributed by atoms with Crippen LogP contribution < -0.4 is 10.6 Å². The van der Waals surface area contributed by atoms with Gasteiger partial charge in [0, 0.05) is 56.5 Å². The van der Waals surface area contributed by atoms with Crippen LogP contribution in [0.4, 0.5) is 9.59 Å². The smallest absolute Gasteiger partial charge is 0.338 e. The molecule has 1 saturated heterocycles. The summed E-state index contributed by atoms with van der Waals surface area (Å²) in [6, 6.07) is 6.16. The Balaban J connectivity index is 1.92. The van der Waals surface area contributed by atoms with Gasteiger partial charge in [0.15, 0.2) is 0 Å². The van der Waals surface area contributed by atoms with Crippen LogP contribution in [0.2, 0.25) is 5.02 Å². The summed E-state index contributed by atoms with van der Waals surface area (Å²) in [6.45, 7) is 9.98. The van der Waals surface area contributed by atoms with Gasteiger partial charge in [0.25, 0.3) is 0 Å². The Labute approximate surface area is 212 Å². The van der Waals surface area contributed by atoms with Crippen molar-refractivity contribution in [1.29, 1.82) is 0 Å². The molecule has 0 bridgehead atoms. The molecule has 0 spiro atoms. The van der Waals surface area contributed by atoms with Gasteiger partial charge in [-0.25, -0.2) is 14.4 Å². The summed E-state index contributed by atoms with van der Waals surface area (Å²) in [6.07, 6.45) is 1.69. The minimum absolute atomic E-state index is 0.0478. The number of hydrogen-bond donors (Lipinski definition) is 2. The Kier molecular flexibility index (Phi) is 9.80. The van der Waals surface area contributed by atoms with E-state index in [9.17, 15) is 14.4 Å². The number of hydrogen-bond acceptors (Lipinski definition) is 5. The number of amides is 4. The monoisotopic (exact) mass is 505 g/mol. The number of urea groups is 2. The maximum absolute atomic E-state index is 13.2. The van der Waals surface area contributed by atoms with E-state index in [1.165, 1.54) is 0 Å². The molecule has 2 N–H and O–H groups in total. The summed E-state index contributed by atoms with van der Waals surface area (Å²) >= 11 is 6.22. The van der Waals surface area contributed by atoms with E-state index in [4.69, 9.17) is 16.3 Å². The molecule has 0 aromatic heterocycles. The van der Waals surface area contributed by atoms with E-state index in [-0.39, 0.29) is 18.7 Å². The average Bonchev–Trinajstić information content (AvgIpc) is 3.08. The van der Waals surface area contributed by atoms with E-state index in [0.717, 1.165) is 24.9 Å². The second-order valence-corrected chi connectivity index (χ2v) is 9.05. The number of ether oxygens (including phenoxy) is 1. The molecule has 1 aromatic rings. The molecule has 9 nitrogen and oxygen atoms in total. The van der Waals surface area contributed by atoms with Crippen LogP contribution in [-0.4, -0.2) is 85.2 Å². The number of nitrogens with zero attached hydrogens (tertiary/aromatic N) is 3. The average molecular weight is 506 g/mol. The van der Waals surface area contributed by atoms with Gasteiger partial charge in [0.2, 0.25) is 0 Å².